The fourth-order valence-corrected chi connectivity index (χ4v) is 11.5. The number of methoxy groups -OCH3 is 2. The lowest BCUT2D eigenvalue weighted by Gasteiger charge is -2.20. The molecule has 0 aromatic heterocycles. The van der Waals surface area contributed by atoms with Gasteiger partial charge in [0.15, 0.2) is 6.10 Å². The number of cyclic esters (lactones) is 1. The lowest BCUT2D eigenvalue weighted by atomic mass is 9.94. The van der Waals surface area contributed by atoms with Crippen molar-refractivity contribution in [3.8, 4) is 17.2 Å². The smallest absolute Gasteiger partial charge is 0.342 e. The van der Waals surface area contributed by atoms with Crippen molar-refractivity contribution in [1.29, 1.82) is 0 Å². The van der Waals surface area contributed by atoms with Crippen LogP contribution >= 0.6 is 0 Å². The topological polar surface area (TPSA) is 176 Å². The highest BCUT2D eigenvalue weighted by atomic mass is 16.6. The van der Waals surface area contributed by atoms with Gasteiger partial charge in [-0.3, -0.25) is 24.0 Å². The first kappa shape index (κ1) is 75.8. The zero-order valence-corrected chi connectivity index (χ0v) is 55.8. The minimum Gasteiger partial charge on any atom is -0.496 e. The van der Waals surface area contributed by atoms with Crippen LogP contribution in [0.5, 0.6) is 17.2 Å². The first-order chi connectivity index (χ1) is 42.1. The van der Waals surface area contributed by atoms with Gasteiger partial charge in [0, 0.05) is 43.2 Å². The van der Waals surface area contributed by atoms with Crippen molar-refractivity contribution in [2.45, 2.75) is 312 Å². The number of ether oxygens (including phenoxy) is 8. The van der Waals surface area contributed by atoms with Gasteiger partial charge in [-0.05, 0) is 100 Å². The van der Waals surface area contributed by atoms with Crippen LogP contribution in [0.4, 0.5) is 0 Å². The second-order valence-corrected chi connectivity index (χ2v) is 24.8. The van der Waals surface area contributed by atoms with E-state index in [0.717, 1.165) is 97.6 Å². The molecule has 1 aliphatic rings. The van der Waals surface area contributed by atoms with Gasteiger partial charge >= 0.3 is 35.8 Å². The SMILES string of the molecule is CCCCCCCCCCCCCCCC(=O)OCC(COC(=O)CCCCCCCCCCCCCCC)OC(=O)CC(C)CCCCCCC(=O)Oc1c(C)cc(COc2c(CC=C(C)CCC(=O)OC)c(OC)c(C)c3c2C(=O)OC3)cc1C. The molecule has 2 aromatic carbocycles. The van der Waals surface area contributed by atoms with Crippen LogP contribution in [-0.4, -0.2) is 69.4 Å². The molecule has 1 heterocycles. The van der Waals surface area contributed by atoms with Gasteiger partial charge < -0.3 is 37.9 Å². The first-order valence-corrected chi connectivity index (χ1v) is 34.2. The molecule has 0 radical (unpaired) electrons. The minimum absolute atomic E-state index is 0.0366. The summed E-state index contributed by atoms with van der Waals surface area (Å²) in [4.78, 5) is 76.9. The second kappa shape index (κ2) is 46.7. The lowest BCUT2D eigenvalue weighted by Crippen LogP contribution is -2.31. The number of carbonyl (C=O) groups excluding carboxylic acids is 6. The number of allylic oxidation sites excluding steroid dienone is 2. The van der Waals surface area contributed by atoms with Crippen molar-refractivity contribution in [3.05, 3.63) is 62.7 Å². The van der Waals surface area contributed by atoms with E-state index in [-0.39, 0.29) is 75.5 Å². The average Bonchev–Trinajstić information content (AvgIpc) is 2.03. The summed E-state index contributed by atoms with van der Waals surface area (Å²) < 4.78 is 45.6. The van der Waals surface area contributed by atoms with Gasteiger partial charge in [-0.1, -0.05) is 212 Å². The number of hydrogen-bond donors (Lipinski definition) is 0. The number of rotatable bonds is 52. The molecule has 0 amide bonds. The number of unbranched alkanes of at least 4 members (excludes halogenated alkanes) is 27. The molecule has 14 heteroatoms. The summed E-state index contributed by atoms with van der Waals surface area (Å²) >= 11 is 0. The number of carbonyl (C=O) groups is 6. The average molecular weight is 1220 g/mol. The maximum absolute atomic E-state index is 13.3. The standard InChI is InChI=1S/C73H116O14/c1-10-12-14-16-18-20-22-24-26-28-30-32-37-41-65(75)82-52-61(53-83-66(76)42-38-33-31-29-27-25-23-21-19-17-15-13-11-2)86-68(78)48-56(4)40-36-34-35-39-43-67(77)87-70-57(5)49-60(50-58(70)6)51-84-72-62(46-44-55(3)45-47-64(74)80-8)71(81-9)59(7)63-54-85-73(79)69(63)72/h44,49-50,56,61H,10-43,45-48,51-54H2,1-9H3. The maximum atomic E-state index is 13.3. The molecule has 3 rings (SSSR count). The Morgan fingerprint density at radius 2 is 1.01 bits per heavy atom. The molecular formula is C73H116O14. The van der Waals surface area contributed by atoms with E-state index in [0.29, 0.717) is 60.5 Å². The van der Waals surface area contributed by atoms with E-state index in [9.17, 15) is 28.8 Å². The molecule has 1 unspecified atom stereocenters. The molecule has 14 nitrogen and oxygen atoms in total. The summed E-state index contributed by atoms with van der Waals surface area (Å²) in [6.45, 7) is 14.1. The quantitative estimate of drug-likeness (QED) is 0.0201. The summed E-state index contributed by atoms with van der Waals surface area (Å²) in [5, 5.41) is 0. The van der Waals surface area contributed by atoms with Crippen LogP contribution in [0.2, 0.25) is 0 Å². The van der Waals surface area contributed by atoms with Crippen molar-refractivity contribution in [2.75, 3.05) is 27.4 Å². The lowest BCUT2D eigenvalue weighted by molar-refractivity contribution is -0.167. The van der Waals surface area contributed by atoms with Crippen LogP contribution in [-0.2, 0) is 67.3 Å². The largest absolute Gasteiger partial charge is 0.496 e. The molecule has 2 aromatic rings. The number of benzene rings is 2. The molecular weight excluding hydrogens is 1100 g/mol. The van der Waals surface area contributed by atoms with E-state index in [2.05, 4.69) is 13.8 Å². The Kier molecular flexibility index (Phi) is 40.7. The van der Waals surface area contributed by atoms with Crippen LogP contribution in [0.3, 0.4) is 0 Å². The summed E-state index contributed by atoms with van der Waals surface area (Å²) in [6, 6.07) is 3.83. The Bertz CT molecular complexity index is 2280. The Hall–Kier alpha value is -5.40. The van der Waals surface area contributed by atoms with Crippen LogP contribution in [0.25, 0.3) is 0 Å². The highest BCUT2D eigenvalue weighted by molar-refractivity contribution is 5.98. The van der Waals surface area contributed by atoms with Gasteiger partial charge in [0.2, 0.25) is 0 Å². The summed E-state index contributed by atoms with van der Waals surface area (Å²) in [6.07, 6.45) is 39.1. The zero-order valence-electron chi connectivity index (χ0n) is 55.8. The van der Waals surface area contributed by atoms with Crippen molar-refractivity contribution in [3.63, 3.8) is 0 Å². The van der Waals surface area contributed by atoms with Gasteiger partial charge in [-0.15, -0.1) is 0 Å². The molecule has 0 bridgehead atoms. The van der Waals surface area contributed by atoms with E-state index in [1.165, 1.54) is 136 Å². The molecule has 0 N–H and O–H groups in total. The maximum Gasteiger partial charge on any atom is 0.342 e. The second-order valence-electron chi connectivity index (χ2n) is 24.8. The van der Waals surface area contributed by atoms with E-state index >= 15 is 0 Å². The Balaban J connectivity index is 1.43. The molecule has 0 saturated carbocycles. The third kappa shape index (κ3) is 32.6. The predicted octanol–water partition coefficient (Wildman–Crippen LogP) is 18.5. The van der Waals surface area contributed by atoms with Gasteiger partial charge in [0.05, 0.1) is 14.2 Å². The predicted molar refractivity (Wildman–Crippen MR) is 345 cm³/mol. The van der Waals surface area contributed by atoms with Crippen molar-refractivity contribution in [2.24, 2.45) is 5.92 Å². The van der Waals surface area contributed by atoms with E-state index in [4.69, 9.17) is 37.9 Å². The summed E-state index contributed by atoms with van der Waals surface area (Å²) in [5.74, 6) is -0.572. The van der Waals surface area contributed by atoms with Crippen molar-refractivity contribution < 1.29 is 66.7 Å². The van der Waals surface area contributed by atoms with E-state index in [1.54, 1.807) is 7.11 Å². The zero-order chi connectivity index (χ0) is 63.4. The van der Waals surface area contributed by atoms with Crippen molar-refractivity contribution in [1.82, 2.24) is 0 Å². The first-order valence-electron chi connectivity index (χ1n) is 34.2. The molecule has 0 fully saturated rings. The Labute approximate surface area is 525 Å². The molecule has 1 atom stereocenters. The van der Waals surface area contributed by atoms with Gasteiger partial charge in [-0.2, -0.15) is 0 Å². The van der Waals surface area contributed by atoms with E-state index in [1.807, 2.05) is 52.8 Å². The molecule has 0 saturated heterocycles. The fraction of sp³-hybridized carbons (Fsp3) is 0.726. The highest BCUT2D eigenvalue weighted by Gasteiger charge is 2.33. The fourth-order valence-electron chi connectivity index (χ4n) is 11.5. The number of esters is 6. The third-order valence-electron chi connectivity index (χ3n) is 16.8. The molecule has 0 aliphatic carbocycles. The van der Waals surface area contributed by atoms with E-state index < -0.39 is 18.0 Å². The van der Waals surface area contributed by atoms with Gasteiger partial charge in [0.25, 0.3) is 0 Å². The highest BCUT2D eigenvalue weighted by Crippen LogP contribution is 2.43. The number of fused-ring (bicyclic) bond motifs is 1. The van der Waals surface area contributed by atoms with Gasteiger partial charge in [-0.25, -0.2) is 4.79 Å². The Morgan fingerprint density at radius 3 is 1.48 bits per heavy atom. The number of aryl methyl sites for hydroxylation is 2. The van der Waals surface area contributed by atoms with Crippen LogP contribution < -0.4 is 14.2 Å². The van der Waals surface area contributed by atoms with Crippen LogP contribution in [0, 0.1) is 26.7 Å². The summed E-state index contributed by atoms with van der Waals surface area (Å²) in [7, 11) is 2.96. The minimum atomic E-state index is -0.876. The molecule has 0 spiro atoms. The molecule has 1 aliphatic heterocycles. The Morgan fingerprint density at radius 1 is 0.552 bits per heavy atom. The van der Waals surface area contributed by atoms with Gasteiger partial charge in [0.1, 0.15) is 49.2 Å². The molecule has 87 heavy (non-hydrogen) atoms. The molecule has 492 valence electrons. The van der Waals surface area contributed by atoms with Crippen molar-refractivity contribution >= 4 is 35.8 Å². The normalized spacial score (nSPS) is 12.4. The number of hydrogen-bond acceptors (Lipinski definition) is 14. The van der Waals surface area contributed by atoms with Crippen LogP contribution in [0.15, 0.2) is 23.8 Å². The van der Waals surface area contributed by atoms with Crippen LogP contribution in [0.1, 0.15) is 309 Å². The summed E-state index contributed by atoms with van der Waals surface area (Å²) in [5.41, 5.74) is 6.01. The third-order valence-corrected chi connectivity index (χ3v) is 16.8. The monoisotopic (exact) mass is 1220 g/mol.